The Kier molecular flexibility index (Phi) is 5.49. The molecule has 0 bridgehead atoms. The van der Waals surface area contributed by atoms with Gasteiger partial charge < -0.3 is 10.1 Å². The molecule has 1 rings (SSSR count). The van der Waals surface area contributed by atoms with Crippen molar-refractivity contribution >= 4 is 0 Å². The van der Waals surface area contributed by atoms with Gasteiger partial charge in [0.1, 0.15) is 0 Å². The van der Waals surface area contributed by atoms with E-state index in [-0.39, 0.29) is 0 Å². The van der Waals surface area contributed by atoms with Gasteiger partial charge in [0.2, 0.25) is 0 Å². The summed E-state index contributed by atoms with van der Waals surface area (Å²) in [5, 5.41) is 3.43. The molecule has 3 atom stereocenters. The van der Waals surface area contributed by atoms with Gasteiger partial charge >= 0.3 is 0 Å². The summed E-state index contributed by atoms with van der Waals surface area (Å²) in [7, 11) is 3.90. The predicted octanol–water partition coefficient (Wildman–Crippen LogP) is 2.44. The van der Waals surface area contributed by atoms with Crippen LogP contribution < -0.4 is 5.32 Å². The Balaban J connectivity index is 2.41. The lowest BCUT2D eigenvalue weighted by molar-refractivity contribution is 0.121. The zero-order valence-electron chi connectivity index (χ0n) is 9.88. The molecule has 1 aliphatic rings. The number of rotatable bonds is 4. The summed E-state index contributed by atoms with van der Waals surface area (Å²) in [6.45, 7) is 3.24. The highest BCUT2D eigenvalue weighted by molar-refractivity contribution is 4.77. The van der Waals surface area contributed by atoms with Crippen LogP contribution in [0.1, 0.15) is 39.0 Å². The maximum Gasteiger partial charge on any atom is 0.0490 e. The fourth-order valence-electron chi connectivity index (χ4n) is 2.58. The molecular weight excluding hydrogens is 174 g/mol. The minimum Gasteiger partial charge on any atom is -0.384 e. The Morgan fingerprint density at radius 1 is 1.36 bits per heavy atom. The van der Waals surface area contributed by atoms with Gasteiger partial charge in [0.15, 0.2) is 0 Å². The molecule has 1 aliphatic carbocycles. The van der Waals surface area contributed by atoms with Crippen molar-refractivity contribution in [2.75, 3.05) is 20.8 Å². The molecule has 0 aliphatic heterocycles. The molecule has 0 heterocycles. The molecule has 0 aromatic heterocycles. The minimum absolute atomic E-state index is 0.717. The molecule has 0 spiro atoms. The number of hydrogen-bond donors (Lipinski definition) is 1. The van der Waals surface area contributed by atoms with E-state index in [1.807, 2.05) is 7.11 Å². The van der Waals surface area contributed by atoms with Crippen molar-refractivity contribution in [3.05, 3.63) is 0 Å². The minimum atomic E-state index is 0.717. The van der Waals surface area contributed by atoms with E-state index in [2.05, 4.69) is 19.3 Å². The third kappa shape index (κ3) is 3.58. The van der Waals surface area contributed by atoms with Crippen LogP contribution in [0.3, 0.4) is 0 Å². The van der Waals surface area contributed by atoms with Crippen molar-refractivity contribution < 1.29 is 4.74 Å². The predicted molar refractivity (Wildman–Crippen MR) is 60.5 cm³/mol. The summed E-state index contributed by atoms with van der Waals surface area (Å²) in [6, 6.07) is 0.738. The van der Waals surface area contributed by atoms with Crippen molar-refractivity contribution in [1.29, 1.82) is 0 Å². The van der Waals surface area contributed by atoms with Gasteiger partial charge in [-0.05, 0) is 31.7 Å². The molecule has 1 saturated carbocycles. The van der Waals surface area contributed by atoms with Crippen LogP contribution in [-0.2, 0) is 4.74 Å². The van der Waals surface area contributed by atoms with Gasteiger partial charge in [0.05, 0.1) is 0 Å². The lowest BCUT2D eigenvalue weighted by atomic mass is 9.87. The van der Waals surface area contributed by atoms with E-state index in [0.29, 0.717) is 5.92 Å². The van der Waals surface area contributed by atoms with Crippen LogP contribution in [0.15, 0.2) is 0 Å². The third-order valence-electron chi connectivity index (χ3n) is 3.61. The van der Waals surface area contributed by atoms with E-state index in [0.717, 1.165) is 18.6 Å². The van der Waals surface area contributed by atoms with E-state index >= 15 is 0 Å². The van der Waals surface area contributed by atoms with Gasteiger partial charge in [-0.3, -0.25) is 0 Å². The van der Waals surface area contributed by atoms with Crippen LogP contribution in [0.25, 0.3) is 0 Å². The highest BCUT2D eigenvalue weighted by atomic mass is 16.5. The van der Waals surface area contributed by atoms with Crippen LogP contribution >= 0.6 is 0 Å². The Morgan fingerprint density at radius 3 is 2.71 bits per heavy atom. The van der Waals surface area contributed by atoms with Crippen LogP contribution in [0, 0.1) is 11.8 Å². The van der Waals surface area contributed by atoms with Crippen molar-refractivity contribution in [3.63, 3.8) is 0 Å². The fourth-order valence-corrected chi connectivity index (χ4v) is 2.58. The molecule has 1 fully saturated rings. The molecule has 2 heteroatoms. The maximum atomic E-state index is 5.25. The van der Waals surface area contributed by atoms with Gasteiger partial charge in [-0.15, -0.1) is 0 Å². The van der Waals surface area contributed by atoms with Gasteiger partial charge in [-0.2, -0.15) is 0 Å². The van der Waals surface area contributed by atoms with Gasteiger partial charge in [0.25, 0.3) is 0 Å². The van der Waals surface area contributed by atoms with Gasteiger partial charge in [-0.25, -0.2) is 0 Å². The zero-order chi connectivity index (χ0) is 10.4. The molecule has 2 nitrogen and oxygen atoms in total. The molecule has 1 N–H and O–H groups in total. The molecule has 0 aromatic rings. The van der Waals surface area contributed by atoms with Crippen molar-refractivity contribution in [3.8, 4) is 0 Å². The molecular formula is C12H25NO. The summed E-state index contributed by atoms with van der Waals surface area (Å²) >= 11 is 0. The Labute approximate surface area is 88.4 Å². The van der Waals surface area contributed by atoms with Crippen LogP contribution in [-0.4, -0.2) is 26.8 Å². The highest BCUT2D eigenvalue weighted by Crippen LogP contribution is 2.29. The van der Waals surface area contributed by atoms with E-state index in [9.17, 15) is 0 Å². The second-order valence-corrected chi connectivity index (χ2v) is 4.70. The lowest BCUT2D eigenvalue weighted by Gasteiger charge is -2.24. The first-order valence-electron chi connectivity index (χ1n) is 5.94. The third-order valence-corrected chi connectivity index (χ3v) is 3.61. The van der Waals surface area contributed by atoms with Crippen LogP contribution in [0.4, 0.5) is 0 Å². The largest absolute Gasteiger partial charge is 0.384 e. The zero-order valence-corrected chi connectivity index (χ0v) is 9.88. The highest BCUT2D eigenvalue weighted by Gasteiger charge is 2.23. The number of hydrogen-bond acceptors (Lipinski definition) is 2. The van der Waals surface area contributed by atoms with E-state index in [4.69, 9.17) is 4.74 Å². The second kappa shape index (κ2) is 6.41. The second-order valence-electron chi connectivity index (χ2n) is 4.70. The van der Waals surface area contributed by atoms with Gasteiger partial charge in [0, 0.05) is 19.8 Å². The fraction of sp³-hybridized carbons (Fsp3) is 1.00. The van der Waals surface area contributed by atoms with E-state index in [1.54, 1.807) is 0 Å². The first kappa shape index (κ1) is 12.0. The quantitative estimate of drug-likeness (QED) is 0.702. The first-order chi connectivity index (χ1) is 6.77. The summed E-state index contributed by atoms with van der Waals surface area (Å²) in [5.74, 6) is 1.57. The SMILES string of the molecule is CNC1CCCCC(C(C)COC)C1. The Bertz CT molecular complexity index is 149. The molecule has 0 aromatic carbocycles. The van der Waals surface area contributed by atoms with Crippen molar-refractivity contribution in [2.24, 2.45) is 11.8 Å². The molecule has 0 amide bonds. The normalized spacial score (nSPS) is 31.1. The van der Waals surface area contributed by atoms with Crippen molar-refractivity contribution in [1.82, 2.24) is 5.32 Å². The van der Waals surface area contributed by atoms with Crippen LogP contribution in [0.2, 0.25) is 0 Å². The molecule has 0 saturated heterocycles. The molecule has 84 valence electrons. The summed E-state index contributed by atoms with van der Waals surface area (Å²) in [5.41, 5.74) is 0. The monoisotopic (exact) mass is 199 g/mol. The van der Waals surface area contributed by atoms with Crippen LogP contribution in [0.5, 0.6) is 0 Å². The average molecular weight is 199 g/mol. The smallest absolute Gasteiger partial charge is 0.0490 e. The topological polar surface area (TPSA) is 21.3 Å². The number of ether oxygens (including phenoxy) is 1. The summed E-state index contributed by atoms with van der Waals surface area (Å²) in [4.78, 5) is 0. The lowest BCUT2D eigenvalue weighted by Crippen LogP contribution is -2.29. The summed E-state index contributed by atoms with van der Waals surface area (Å²) in [6.07, 6.45) is 6.87. The average Bonchev–Trinajstić information content (AvgIpc) is 2.43. The number of nitrogens with one attached hydrogen (secondary N) is 1. The first-order valence-corrected chi connectivity index (χ1v) is 5.94. The standard InChI is InChI=1S/C12H25NO/c1-10(9-14-3)11-6-4-5-7-12(8-11)13-2/h10-13H,4-9H2,1-3H3. The summed E-state index contributed by atoms with van der Waals surface area (Å²) < 4.78 is 5.25. The molecule has 3 unspecified atom stereocenters. The van der Waals surface area contributed by atoms with E-state index in [1.165, 1.54) is 32.1 Å². The Morgan fingerprint density at radius 2 is 2.07 bits per heavy atom. The van der Waals surface area contributed by atoms with Gasteiger partial charge in [-0.1, -0.05) is 26.2 Å². The Hall–Kier alpha value is -0.0800. The number of methoxy groups -OCH3 is 1. The molecule has 0 radical (unpaired) electrons. The maximum absolute atomic E-state index is 5.25. The van der Waals surface area contributed by atoms with Crippen molar-refractivity contribution in [2.45, 2.75) is 45.1 Å². The van der Waals surface area contributed by atoms with E-state index < -0.39 is 0 Å². The molecule has 14 heavy (non-hydrogen) atoms.